The number of pyridine rings is 4. The molecule has 576 valence electrons. The lowest BCUT2D eigenvalue weighted by Crippen LogP contribution is -2.13. The van der Waals surface area contributed by atoms with Gasteiger partial charge in [0.15, 0.2) is 29.1 Å². The number of ether oxygens (including phenoxy) is 2. The Labute approximate surface area is 673 Å². The summed E-state index contributed by atoms with van der Waals surface area (Å²) in [6, 6.07) is 75.3. The Hall–Kier alpha value is -13.6. The summed E-state index contributed by atoms with van der Waals surface area (Å²) in [6.45, 7) is 25.7. The van der Waals surface area contributed by atoms with Crippen LogP contribution in [0.4, 0.5) is 17.1 Å². The molecule has 0 spiro atoms. The van der Waals surface area contributed by atoms with E-state index in [9.17, 15) is 19.2 Å². The van der Waals surface area contributed by atoms with Crippen molar-refractivity contribution in [1.82, 2.24) is 59.1 Å². The normalized spacial score (nSPS) is 11.2. The van der Waals surface area contributed by atoms with Gasteiger partial charge in [0.1, 0.15) is 11.5 Å². The van der Waals surface area contributed by atoms with Crippen molar-refractivity contribution in [2.45, 2.75) is 109 Å². The minimum Gasteiger partial charge on any atom is -0.491 e. The average molecular weight is 1560 g/mol. The molecule has 0 bridgehead atoms. The van der Waals surface area contributed by atoms with Gasteiger partial charge in [-0.1, -0.05) is 84.9 Å². The lowest BCUT2D eigenvalue weighted by Gasteiger charge is -2.12. The number of aryl methyl sites for hydroxylation is 9. The Bertz CT molecular complexity index is 6470. The second-order valence-corrected chi connectivity index (χ2v) is 30.9. The molecule has 0 radical (unpaired) electrons. The molecule has 0 saturated heterocycles. The van der Waals surface area contributed by atoms with Crippen LogP contribution in [0.25, 0.3) is 77.0 Å². The van der Waals surface area contributed by atoms with Crippen LogP contribution in [0, 0.1) is 62.3 Å². The molecule has 21 nitrogen and oxygen atoms in total. The van der Waals surface area contributed by atoms with Gasteiger partial charge in [0, 0.05) is 71.4 Å². The standard InChI is InChI=1S/C25H25N3O2.C24H24N4O2.C23H18N4OS.C20H18N4OS/c1-16(2)30-22-10-6-8-20(14-22)23(29)15-21-9-5-7-19-11-12-24(26-25(19)21)28-18(4)13-17(3)27-28;1-15(2)30-20-11-8-19(9-12-20)24(29)25-21-7-5-6-18-10-13-22(26-23(18)21)28-17(4)14-16(3)27-28;1-14-12-15(2)27(26-14)21-11-10-16-7-5-8-18(22(16)25-21)24-23(28)20-13-17-6-3-4-9-19(17)29-20;1-12-11-13(2)24(23-12)18-10-8-15-5-4-6-16(19(15)22-18)21-20(25)17-9-7-14(3)26-17/h5-14,16H,15H2,1-4H3;5-15H,1-4H3,(H,25,29);3-13H,1-2H3,(H,24,28);4-11H,1-3H3,(H,21,25). The van der Waals surface area contributed by atoms with E-state index in [2.05, 4.69) is 36.3 Å². The van der Waals surface area contributed by atoms with Crippen LogP contribution in [0.2, 0.25) is 0 Å². The molecule has 115 heavy (non-hydrogen) atoms. The van der Waals surface area contributed by atoms with E-state index in [1.165, 1.54) is 22.7 Å². The van der Waals surface area contributed by atoms with E-state index in [1.807, 2.05) is 316 Å². The van der Waals surface area contributed by atoms with Crippen LogP contribution >= 0.6 is 22.7 Å². The number of anilines is 3. The predicted molar refractivity (Wildman–Crippen MR) is 461 cm³/mol. The zero-order chi connectivity index (χ0) is 80.7. The number of fused-ring (bicyclic) bond motifs is 5. The summed E-state index contributed by atoms with van der Waals surface area (Å²) in [5, 5.41) is 32.0. The second-order valence-electron chi connectivity index (χ2n) is 28.6. The smallest absolute Gasteiger partial charge is 0.265 e. The van der Waals surface area contributed by atoms with Crippen LogP contribution in [-0.2, 0) is 6.42 Å². The number of para-hydroxylation sites is 4. The molecule has 10 heterocycles. The average Bonchev–Trinajstić information content (AvgIpc) is 1.79. The fourth-order valence-electron chi connectivity index (χ4n) is 13.4. The van der Waals surface area contributed by atoms with Gasteiger partial charge >= 0.3 is 0 Å². The highest BCUT2D eigenvalue weighted by atomic mass is 32.1. The molecule has 0 fully saturated rings. The number of amides is 3. The van der Waals surface area contributed by atoms with E-state index in [1.54, 1.807) is 28.9 Å². The fraction of sp³-hybridized carbons (Fsp3) is 0.174. The quantitative estimate of drug-likeness (QED) is 0.0718. The third-order valence-corrected chi connectivity index (χ3v) is 20.7. The Balaban J connectivity index is 0.000000127. The molecule has 0 saturated carbocycles. The molecular formula is C92H85N15O6S2. The molecule has 3 amide bonds. The minimum atomic E-state index is -0.197. The second kappa shape index (κ2) is 34.1. The van der Waals surface area contributed by atoms with Crippen molar-refractivity contribution >= 4 is 117 Å². The number of hydrogen-bond donors (Lipinski definition) is 3. The highest BCUT2D eigenvalue weighted by Crippen LogP contribution is 2.32. The summed E-state index contributed by atoms with van der Waals surface area (Å²) < 4.78 is 19.7. The van der Waals surface area contributed by atoms with Gasteiger partial charge in [-0.15, -0.1) is 22.7 Å². The molecule has 23 heteroatoms. The molecule has 0 aliphatic rings. The van der Waals surface area contributed by atoms with Gasteiger partial charge < -0.3 is 25.4 Å². The van der Waals surface area contributed by atoms with E-state index >= 15 is 0 Å². The van der Waals surface area contributed by atoms with E-state index in [-0.39, 0.29) is 42.1 Å². The van der Waals surface area contributed by atoms with Crippen LogP contribution in [-0.4, -0.2) is 94.8 Å². The topological polar surface area (TPSA) is 246 Å². The van der Waals surface area contributed by atoms with Gasteiger partial charge in [-0.25, -0.2) is 38.7 Å². The highest BCUT2D eigenvalue weighted by Gasteiger charge is 2.20. The number of thiophene rings is 2. The third-order valence-electron chi connectivity index (χ3n) is 18.5. The Kier molecular flexibility index (Phi) is 23.2. The summed E-state index contributed by atoms with van der Waals surface area (Å²) in [5.74, 6) is 3.97. The first-order chi connectivity index (χ1) is 55.4. The lowest BCUT2D eigenvalue weighted by molar-refractivity contribution is 0.0988. The van der Waals surface area contributed by atoms with Crippen molar-refractivity contribution in [3.05, 3.63) is 313 Å². The summed E-state index contributed by atoms with van der Waals surface area (Å²) in [7, 11) is 0. The van der Waals surface area contributed by atoms with Gasteiger partial charge in [0.05, 0.1) is 83.9 Å². The Morgan fingerprint density at radius 3 is 1.17 bits per heavy atom. The van der Waals surface area contributed by atoms with Crippen molar-refractivity contribution in [3.63, 3.8) is 0 Å². The number of nitrogens with one attached hydrogen (secondary N) is 3. The van der Waals surface area contributed by atoms with Crippen LogP contribution in [0.1, 0.15) is 124 Å². The summed E-state index contributed by atoms with van der Waals surface area (Å²) in [4.78, 5) is 72.9. The summed E-state index contributed by atoms with van der Waals surface area (Å²) >= 11 is 2.97. The number of carbonyl (C=O) groups excluding carboxylic acids is 4. The maximum atomic E-state index is 13.0. The number of benzene rings is 7. The van der Waals surface area contributed by atoms with Crippen LogP contribution < -0.4 is 25.4 Å². The maximum Gasteiger partial charge on any atom is 0.265 e. The largest absolute Gasteiger partial charge is 0.491 e. The first-order valence-electron chi connectivity index (χ1n) is 37.7. The van der Waals surface area contributed by atoms with E-state index in [4.69, 9.17) is 29.4 Å². The van der Waals surface area contributed by atoms with Crippen LogP contribution in [0.3, 0.4) is 0 Å². The predicted octanol–water partition coefficient (Wildman–Crippen LogP) is 20.5. The van der Waals surface area contributed by atoms with Crippen LogP contribution in [0.15, 0.2) is 237 Å². The molecule has 7 aromatic carbocycles. The Morgan fingerprint density at radius 1 is 0.348 bits per heavy atom. The van der Waals surface area contributed by atoms with E-state index in [0.717, 1.165) is 133 Å². The number of rotatable bonds is 17. The molecule has 0 unspecified atom stereocenters. The van der Waals surface area contributed by atoms with Gasteiger partial charge in [-0.05, 0) is 253 Å². The zero-order valence-electron chi connectivity index (χ0n) is 66.0. The fourth-order valence-corrected chi connectivity index (χ4v) is 15.1. The summed E-state index contributed by atoms with van der Waals surface area (Å²) in [6.07, 6.45) is 0.420. The van der Waals surface area contributed by atoms with E-state index < -0.39 is 0 Å². The van der Waals surface area contributed by atoms with Gasteiger partial charge in [0.2, 0.25) is 0 Å². The number of ketones is 1. The number of nitrogens with zero attached hydrogens (tertiary/aromatic N) is 12. The third kappa shape index (κ3) is 18.3. The SMILES string of the molecule is Cc1cc(C)n(-c2ccc3cccc(CC(=O)c4cccc(OC(C)C)c4)c3n2)n1.Cc1cc(C)n(-c2ccc3cccc(NC(=O)c4cc5ccccc5s4)c3n2)n1.Cc1cc(C)n(-c2ccc3cccc(NC(=O)c4ccc(C)s4)c3n2)n1.Cc1cc(C)n(-c2ccc3cccc(NC(=O)c4ccc(OC(C)C)cc4)c3n2)n1. The number of hydrogen-bond acceptors (Lipinski definition) is 16. The first-order valence-corrected chi connectivity index (χ1v) is 39.3. The molecule has 0 aliphatic carbocycles. The maximum absolute atomic E-state index is 13.0. The van der Waals surface area contributed by atoms with Crippen molar-refractivity contribution in [2.75, 3.05) is 16.0 Å². The van der Waals surface area contributed by atoms with Gasteiger partial charge in [0.25, 0.3) is 17.7 Å². The first kappa shape index (κ1) is 78.1. The van der Waals surface area contributed by atoms with Crippen molar-refractivity contribution in [1.29, 1.82) is 0 Å². The number of carbonyl (C=O) groups is 4. The number of Topliss-reactive ketones (excluding diaryl/α,β-unsaturated/α-hetero) is 1. The molecule has 17 aromatic rings. The van der Waals surface area contributed by atoms with Crippen molar-refractivity contribution in [3.8, 4) is 34.8 Å². The molecule has 10 aromatic heterocycles. The number of aromatic nitrogens is 12. The molecule has 0 aliphatic heterocycles. The highest BCUT2D eigenvalue weighted by molar-refractivity contribution is 7.21. The zero-order valence-corrected chi connectivity index (χ0v) is 67.6. The summed E-state index contributed by atoms with van der Waals surface area (Å²) in [5.41, 5.74) is 15.0. The molecular weight excluding hydrogens is 1480 g/mol. The molecule has 3 N–H and O–H groups in total. The molecule has 0 atom stereocenters. The van der Waals surface area contributed by atoms with Gasteiger partial charge in [-0.2, -0.15) is 20.4 Å². The Morgan fingerprint density at radius 2 is 0.748 bits per heavy atom. The van der Waals surface area contributed by atoms with Crippen molar-refractivity contribution in [2.24, 2.45) is 0 Å². The van der Waals surface area contributed by atoms with E-state index in [0.29, 0.717) is 49.5 Å². The minimum absolute atomic E-state index is 0.0371. The monoisotopic (exact) mass is 1560 g/mol. The lowest BCUT2D eigenvalue weighted by atomic mass is 10.0. The van der Waals surface area contributed by atoms with Crippen LogP contribution in [0.5, 0.6) is 11.5 Å². The molecule has 17 rings (SSSR count). The van der Waals surface area contributed by atoms with Crippen molar-refractivity contribution < 1.29 is 28.7 Å². The van der Waals surface area contributed by atoms with Gasteiger partial charge in [-0.3, -0.25) is 19.2 Å².